The first kappa shape index (κ1) is 37.1. The van der Waals surface area contributed by atoms with Crippen LogP contribution in [0.25, 0.3) is 0 Å². The molecule has 6 rings (SSSR count). The Morgan fingerprint density at radius 1 is 0.860 bits per heavy atom. The Morgan fingerprint density at radius 3 is 2.18 bits per heavy atom. The summed E-state index contributed by atoms with van der Waals surface area (Å²) in [5, 5.41) is 9.71. The number of pyridine rings is 2. The second-order valence-corrected chi connectivity index (χ2v) is 14.7. The topological polar surface area (TPSA) is 107 Å². The SMILES string of the molecule is CNCc1cccc(C)n1.CNCc1cccc(N2C[C@@](C)(COC(C)(C)C)c3cnc(Nc4ccc(N5CCN(C)CC5)c(C)c4)nc32)n1. The first-order chi connectivity index (χ1) is 23.9. The maximum absolute atomic E-state index is 6.29. The van der Waals surface area contributed by atoms with Gasteiger partial charge in [0.15, 0.2) is 0 Å². The van der Waals surface area contributed by atoms with Gasteiger partial charge in [-0.25, -0.2) is 9.97 Å². The van der Waals surface area contributed by atoms with Crippen molar-refractivity contribution in [2.75, 3.05) is 75.6 Å². The highest BCUT2D eigenvalue weighted by Crippen LogP contribution is 2.44. The van der Waals surface area contributed by atoms with Crippen LogP contribution in [0, 0.1) is 13.8 Å². The molecule has 268 valence electrons. The van der Waals surface area contributed by atoms with Gasteiger partial charge in [-0.2, -0.15) is 4.98 Å². The van der Waals surface area contributed by atoms with E-state index in [0.717, 1.165) is 72.7 Å². The molecule has 0 unspecified atom stereocenters. The summed E-state index contributed by atoms with van der Waals surface area (Å²) in [6, 6.07) is 18.7. The fourth-order valence-corrected chi connectivity index (χ4v) is 6.30. The number of nitrogens with one attached hydrogen (secondary N) is 3. The number of hydrogen-bond acceptors (Lipinski definition) is 11. The number of anilines is 5. The van der Waals surface area contributed by atoms with Crippen LogP contribution < -0.4 is 25.8 Å². The largest absolute Gasteiger partial charge is 0.375 e. The quantitative estimate of drug-likeness (QED) is 0.191. The predicted molar refractivity (Wildman–Crippen MR) is 205 cm³/mol. The van der Waals surface area contributed by atoms with Crippen molar-refractivity contribution < 1.29 is 4.74 Å². The number of likely N-dealkylation sites (N-methyl/N-ethyl adjacent to an activating group) is 1. The smallest absolute Gasteiger partial charge is 0.229 e. The van der Waals surface area contributed by atoms with E-state index >= 15 is 0 Å². The molecule has 0 amide bonds. The molecule has 5 heterocycles. The Kier molecular flexibility index (Phi) is 12.1. The first-order valence-corrected chi connectivity index (χ1v) is 17.7. The number of aromatic nitrogens is 4. The van der Waals surface area contributed by atoms with Crippen molar-refractivity contribution in [3.8, 4) is 0 Å². The van der Waals surface area contributed by atoms with Gasteiger partial charge in [0, 0.05) is 80.1 Å². The number of hydrogen-bond donors (Lipinski definition) is 3. The number of piperazine rings is 1. The summed E-state index contributed by atoms with van der Waals surface area (Å²) in [6.07, 6.45) is 1.96. The molecule has 4 aromatic rings. The molecule has 1 saturated heterocycles. The standard InChI is InChI=1S/C31H44N8O.C8H12N2/c1-22-17-23(11-12-26(22)38-15-13-37(7)14-16-38)35-29-33-19-25-28(36-29)39(20-31(25,5)21-40-30(2,3)4)27-10-8-9-24(34-27)18-32-6;1-7-4-3-5-8(10-7)6-9-2/h8-12,17,19,32H,13-16,18,20-21H2,1-7H3,(H,33,35,36);3-5,9H,6H2,1-2H3/t31-;/m0./s1. The molecule has 0 aliphatic carbocycles. The van der Waals surface area contributed by atoms with Gasteiger partial charge in [-0.3, -0.25) is 4.98 Å². The molecular weight excluding hydrogens is 624 g/mol. The summed E-state index contributed by atoms with van der Waals surface area (Å²) in [5.41, 5.74) is 7.24. The number of aryl methyl sites for hydroxylation is 2. The van der Waals surface area contributed by atoms with Crippen molar-refractivity contribution in [3.63, 3.8) is 0 Å². The summed E-state index contributed by atoms with van der Waals surface area (Å²) in [6.45, 7) is 19.8. The highest BCUT2D eigenvalue weighted by atomic mass is 16.5. The molecule has 1 atom stereocenters. The molecule has 1 fully saturated rings. The fraction of sp³-hybridized carbons (Fsp3) is 0.487. The number of fused-ring (bicyclic) bond motifs is 1. The lowest BCUT2D eigenvalue weighted by molar-refractivity contribution is -0.0252. The Labute approximate surface area is 298 Å². The van der Waals surface area contributed by atoms with Gasteiger partial charge < -0.3 is 35.4 Å². The van der Waals surface area contributed by atoms with E-state index in [1.807, 2.05) is 51.5 Å². The Bertz CT molecular complexity index is 1720. The molecule has 11 heteroatoms. The zero-order valence-electron chi connectivity index (χ0n) is 31.5. The fourth-order valence-electron chi connectivity index (χ4n) is 6.30. The predicted octanol–water partition coefficient (Wildman–Crippen LogP) is 5.73. The van der Waals surface area contributed by atoms with Crippen LogP contribution in [-0.4, -0.2) is 90.9 Å². The van der Waals surface area contributed by atoms with Crippen molar-refractivity contribution in [1.82, 2.24) is 35.5 Å². The Hall–Kier alpha value is -4.16. The van der Waals surface area contributed by atoms with Crippen molar-refractivity contribution in [1.29, 1.82) is 0 Å². The summed E-state index contributed by atoms with van der Waals surface area (Å²) in [4.78, 5) is 26.1. The van der Waals surface area contributed by atoms with E-state index in [9.17, 15) is 0 Å². The number of rotatable bonds is 10. The molecule has 0 saturated carbocycles. The van der Waals surface area contributed by atoms with Crippen molar-refractivity contribution in [3.05, 3.63) is 89.0 Å². The summed E-state index contributed by atoms with van der Waals surface area (Å²) >= 11 is 0. The Morgan fingerprint density at radius 2 is 1.54 bits per heavy atom. The molecule has 3 aromatic heterocycles. The average molecular weight is 681 g/mol. The lowest BCUT2D eigenvalue weighted by Gasteiger charge is -2.35. The minimum atomic E-state index is -0.275. The van der Waals surface area contributed by atoms with Crippen LogP contribution in [-0.2, 0) is 23.2 Å². The van der Waals surface area contributed by atoms with Gasteiger partial charge in [-0.15, -0.1) is 0 Å². The van der Waals surface area contributed by atoms with Crippen LogP contribution in [0.2, 0.25) is 0 Å². The second-order valence-electron chi connectivity index (χ2n) is 14.7. The van der Waals surface area contributed by atoms with E-state index in [1.54, 1.807) is 0 Å². The normalized spacial score (nSPS) is 17.7. The summed E-state index contributed by atoms with van der Waals surface area (Å²) in [7, 11) is 6.04. The van der Waals surface area contributed by atoms with Crippen LogP contribution in [0.3, 0.4) is 0 Å². The third-order valence-corrected chi connectivity index (χ3v) is 9.03. The van der Waals surface area contributed by atoms with Crippen molar-refractivity contribution in [2.24, 2.45) is 0 Å². The van der Waals surface area contributed by atoms with Gasteiger partial charge in [-0.1, -0.05) is 19.1 Å². The molecule has 0 spiro atoms. The van der Waals surface area contributed by atoms with Gasteiger partial charge >= 0.3 is 0 Å². The molecule has 2 aliphatic heterocycles. The van der Waals surface area contributed by atoms with Gasteiger partial charge in [0.2, 0.25) is 5.95 Å². The molecule has 3 N–H and O–H groups in total. The van der Waals surface area contributed by atoms with Gasteiger partial charge in [-0.05, 0) is 104 Å². The molecule has 0 radical (unpaired) electrons. The maximum atomic E-state index is 6.29. The van der Waals surface area contributed by atoms with Crippen LogP contribution in [0.4, 0.5) is 29.0 Å². The van der Waals surface area contributed by atoms with E-state index < -0.39 is 0 Å². The maximum Gasteiger partial charge on any atom is 0.229 e. The molecule has 0 bridgehead atoms. The second kappa shape index (κ2) is 16.2. The van der Waals surface area contributed by atoms with Gasteiger partial charge in [0.05, 0.1) is 23.6 Å². The molecule has 1 aromatic carbocycles. The van der Waals surface area contributed by atoms with Crippen LogP contribution in [0.5, 0.6) is 0 Å². The third kappa shape index (κ3) is 9.54. The first-order valence-electron chi connectivity index (χ1n) is 17.7. The van der Waals surface area contributed by atoms with Gasteiger partial charge in [0.25, 0.3) is 0 Å². The average Bonchev–Trinajstić information content (AvgIpc) is 3.37. The molecule has 50 heavy (non-hydrogen) atoms. The van der Waals surface area contributed by atoms with Gasteiger partial charge in [0.1, 0.15) is 11.6 Å². The highest BCUT2D eigenvalue weighted by molar-refractivity contribution is 5.70. The zero-order valence-corrected chi connectivity index (χ0v) is 31.5. The number of nitrogens with zero attached hydrogens (tertiary/aromatic N) is 7. The van der Waals surface area contributed by atoms with Crippen LogP contribution >= 0.6 is 0 Å². The van der Waals surface area contributed by atoms with Crippen molar-refractivity contribution in [2.45, 2.75) is 65.6 Å². The summed E-state index contributed by atoms with van der Waals surface area (Å²) < 4.78 is 6.29. The molecule has 11 nitrogen and oxygen atoms in total. The lowest BCUT2D eigenvalue weighted by Crippen LogP contribution is -2.44. The zero-order chi connectivity index (χ0) is 35.9. The van der Waals surface area contributed by atoms with Crippen LogP contribution in [0.1, 0.15) is 55.9 Å². The number of benzene rings is 1. The molecule has 2 aliphatic rings. The van der Waals surface area contributed by atoms with Crippen molar-refractivity contribution >= 4 is 29.0 Å². The van der Waals surface area contributed by atoms with E-state index in [1.165, 1.54) is 11.3 Å². The van der Waals surface area contributed by atoms with E-state index in [4.69, 9.17) is 19.7 Å². The lowest BCUT2D eigenvalue weighted by atomic mass is 9.87. The monoisotopic (exact) mass is 680 g/mol. The van der Waals surface area contributed by atoms with E-state index in [0.29, 0.717) is 25.6 Å². The van der Waals surface area contributed by atoms with Crippen LogP contribution in [0.15, 0.2) is 60.8 Å². The highest BCUT2D eigenvalue weighted by Gasteiger charge is 2.43. The minimum absolute atomic E-state index is 0.238. The number of ether oxygens (including phenoxy) is 1. The third-order valence-electron chi connectivity index (χ3n) is 9.03. The van der Waals surface area contributed by atoms with E-state index in [-0.39, 0.29) is 11.0 Å². The molecular formula is C39H56N10O. The summed E-state index contributed by atoms with van der Waals surface area (Å²) in [5.74, 6) is 2.32. The minimum Gasteiger partial charge on any atom is -0.375 e. The Balaban J connectivity index is 0.000000418. The van der Waals surface area contributed by atoms with E-state index in [2.05, 4.69) is 108 Å².